The van der Waals surface area contributed by atoms with Crippen molar-refractivity contribution in [1.29, 1.82) is 0 Å². The third-order valence-corrected chi connectivity index (χ3v) is 2.56. The quantitative estimate of drug-likeness (QED) is 0.586. The van der Waals surface area contributed by atoms with E-state index < -0.39 is 0 Å². The van der Waals surface area contributed by atoms with E-state index >= 15 is 0 Å². The second kappa shape index (κ2) is 7.79. The summed E-state index contributed by atoms with van der Waals surface area (Å²) in [5.41, 5.74) is 6.86. The van der Waals surface area contributed by atoms with E-state index in [1.165, 1.54) is 0 Å². The predicted molar refractivity (Wildman–Crippen MR) is 76.7 cm³/mol. The molecule has 1 aromatic carbocycles. The highest BCUT2D eigenvalue weighted by atomic mass is 32.1. The number of para-hydroxylation sites is 1. The molecule has 0 aliphatic heterocycles. The number of nitrogens with two attached hydrogens (primary N) is 1. The van der Waals surface area contributed by atoms with E-state index in [1.54, 1.807) is 12.1 Å². The SMILES string of the molecule is CCCCOCC(=O)Nc1ccccc1C(N)=S. The highest BCUT2D eigenvalue weighted by Gasteiger charge is 2.07. The molecule has 0 bridgehead atoms. The summed E-state index contributed by atoms with van der Waals surface area (Å²) in [6.07, 6.45) is 2.00. The number of benzene rings is 1. The maximum Gasteiger partial charge on any atom is 0.250 e. The summed E-state index contributed by atoms with van der Waals surface area (Å²) >= 11 is 4.92. The molecule has 3 N–H and O–H groups in total. The fourth-order valence-corrected chi connectivity index (χ4v) is 1.58. The molecule has 4 nitrogen and oxygen atoms in total. The lowest BCUT2D eigenvalue weighted by Gasteiger charge is -2.10. The first-order valence-electron chi connectivity index (χ1n) is 5.91. The second-order valence-electron chi connectivity index (χ2n) is 3.86. The van der Waals surface area contributed by atoms with Crippen molar-refractivity contribution in [2.24, 2.45) is 5.73 Å². The van der Waals surface area contributed by atoms with E-state index in [0.717, 1.165) is 12.8 Å². The first kappa shape index (κ1) is 14.6. The van der Waals surface area contributed by atoms with Gasteiger partial charge in [0.05, 0.1) is 5.69 Å². The van der Waals surface area contributed by atoms with Gasteiger partial charge in [-0.1, -0.05) is 37.7 Å². The van der Waals surface area contributed by atoms with Gasteiger partial charge < -0.3 is 15.8 Å². The molecule has 1 rings (SSSR count). The summed E-state index contributed by atoms with van der Waals surface area (Å²) in [4.78, 5) is 11.9. The average Bonchev–Trinajstić information content (AvgIpc) is 2.35. The fraction of sp³-hybridized carbons (Fsp3) is 0.385. The normalized spacial score (nSPS) is 10.1. The van der Waals surface area contributed by atoms with Crippen LogP contribution in [0, 0.1) is 0 Å². The van der Waals surface area contributed by atoms with Crippen LogP contribution in [0.1, 0.15) is 25.3 Å². The van der Waals surface area contributed by atoms with Crippen molar-refractivity contribution >= 4 is 28.8 Å². The Morgan fingerprint density at radius 3 is 2.83 bits per heavy atom. The molecule has 0 heterocycles. The number of carbonyl (C=O) groups is 1. The van der Waals surface area contributed by atoms with Gasteiger partial charge in [-0.2, -0.15) is 0 Å². The van der Waals surface area contributed by atoms with E-state index in [0.29, 0.717) is 17.9 Å². The van der Waals surface area contributed by atoms with Crippen molar-refractivity contribution in [3.63, 3.8) is 0 Å². The summed E-state index contributed by atoms with van der Waals surface area (Å²) < 4.78 is 5.23. The van der Waals surface area contributed by atoms with Gasteiger partial charge >= 0.3 is 0 Å². The van der Waals surface area contributed by atoms with E-state index in [2.05, 4.69) is 12.2 Å². The molecular weight excluding hydrogens is 248 g/mol. The molecule has 1 aromatic rings. The Balaban J connectivity index is 2.51. The van der Waals surface area contributed by atoms with Crippen molar-refractivity contribution in [3.8, 4) is 0 Å². The molecule has 0 aliphatic carbocycles. The molecule has 0 radical (unpaired) electrons. The Bertz CT molecular complexity index is 421. The molecule has 0 aromatic heterocycles. The number of carbonyl (C=O) groups excluding carboxylic acids is 1. The van der Waals surface area contributed by atoms with Gasteiger partial charge in [-0.05, 0) is 18.6 Å². The van der Waals surface area contributed by atoms with E-state index in [-0.39, 0.29) is 17.5 Å². The van der Waals surface area contributed by atoms with Gasteiger partial charge in [0.15, 0.2) is 0 Å². The molecule has 0 fully saturated rings. The molecule has 5 heteroatoms. The van der Waals surface area contributed by atoms with Crippen LogP contribution in [0.15, 0.2) is 24.3 Å². The van der Waals surface area contributed by atoms with Crippen molar-refractivity contribution in [1.82, 2.24) is 0 Å². The van der Waals surface area contributed by atoms with Gasteiger partial charge in [-0.3, -0.25) is 4.79 Å². The van der Waals surface area contributed by atoms with Gasteiger partial charge in [-0.25, -0.2) is 0 Å². The maximum atomic E-state index is 11.6. The lowest BCUT2D eigenvalue weighted by molar-refractivity contribution is -0.120. The standard InChI is InChI=1S/C13H18N2O2S/c1-2-3-8-17-9-12(16)15-11-7-5-4-6-10(11)13(14)18/h4-7H,2-3,8-9H2,1H3,(H2,14,18)(H,15,16). The third kappa shape index (κ3) is 4.81. The van der Waals surface area contributed by atoms with E-state index in [1.807, 2.05) is 12.1 Å². The molecular formula is C13H18N2O2S. The fourth-order valence-electron chi connectivity index (χ4n) is 1.40. The molecule has 0 saturated heterocycles. The molecule has 0 saturated carbocycles. The molecule has 0 atom stereocenters. The van der Waals surface area contributed by atoms with Crippen molar-refractivity contribution in [2.45, 2.75) is 19.8 Å². The number of rotatable bonds is 7. The summed E-state index contributed by atoms with van der Waals surface area (Å²) in [7, 11) is 0. The minimum atomic E-state index is -0.199. The Hall–Kier alpha value is -1.46. The first-order chi connectivity index (χ1) is 8.65. The lowest BCUT2D eigenvalue weighted by Crippen LogP contribution is -2.21. The van der Waals surface area contributed by atoms with Crippen LogP contribution in [-0.4, -0.2) is 24.1 Å². The highest BCUT2D eigenvalue weighted by molar-refractivity contribution is 7.80. The number of hydrogen-bond donors (Lipinski definition) is 2. The van der Waals surface area contributed by atoms with Crippen LogP contribution in [0.5, 0.6) is 0 Å². The molecule has 1 amide bonds. The van der Waals surface area contributed by atoms with Crippen LogP contribution < -0.4 is 11.1 Å². The maximum absolute atomic E-state index is 11.6. The minimum Gasteiger partial charge on any atom is -0.389 e. The van der Waals surface area contributed by atoms with Gasteiger partial charge in [-0.15, -0.1) is 0 Å². The van der Waals surface area contributed by atoms with Crippen LogP contribution in [0.4, 0.5) is 5.69 Å². The number of thiocarbonyl (C=S) groups is 1. The van der Waals surface area contributed by atoms with Crippen molar-refractivity contribution in [2.75, 3.05) is 18.5 Å². The predicted octanol–water partition coefficient (Wildman–Crippen LogP) is 2.08. The van der Waals surface area contributed by atoms with Crippen LogP contribution in [0.3, 0.4) is 0 Å². The molecule has 0 spiro atoms. The lowest BCUT2D eigenvalue weighted by atomic mass is 10.2. The Morgan fingerprint density at radius 1 is 1.44 bits per heavy atom. The van der Waals surface area contributed by atoms with Crippen molar-refractivity contribution in [3.05, 3.63) is 29.8 Å². The Labute approximate surface area is 113 Å². The number of hydrogen-bond acceptors (Lipinski definition) is 3. The third-order valence-electron chi connectivity index (χ3n) is 2.34. The molecule has 0 unspecified atom stereocenters. The van der Waals surface area contributed by atoms with Crippen LogP contribution in [0.2, 0.25) is 0 Å². The zero-order valence-corrected chi connectivity index (χ0v) is 11.3. The van der Waals surface area contributed by atoms with Crippen LogP contribution in [0.25, 0.3) is 0 Å². The van der Waals surface area contributed by atoms with Gasteiger partial charge in [0.2, 0.25) is 5.91 Å². The van der Waals surface area contributed by atoms with E-state index in [9.17, 15) is 4.79 Å². The number of ether oxygens (including phenoxy) is 1. The minimum absolute atomic E-state index is 0.0473. The number of nitrogens with one attached hydrogen (secondary N) is 1. The van der Waals surface area contributed by atoms with Crippen LogP contribution in [-0.2, 0) is 9.53 Å². The van der Waals surface area contributed by atoms with Gasteiger partial charge in [0.25, 0.3) is 0 Å². The Morgan fingerprint density at radius 2 is 2.17 bits per heavy atom. The smallest absolute Gasteiger partial charge is 0.250 e. The first-order valence-corrected chi connectivity index (χ1v) is 6.32. The molecule has 98 valence electrons. The van der Waals surface area contributed by atoms with E-state index in [4.69, 9.17) is 22.7 Å². The highest BCUT2D eigenvalue weighted by Crippen LogP contribution is 2.14. The van der Waals surface area contributed by atoms with Crippen LogP contribution >= 0.6 is 12.2 Å². The number of amides is 1. The topological polar surface area (TPSA) is 64.3 Å². The number of unbranched alkanes of at least 4 members (excludes halogenated alkanes) is 1. The summed E-state index contributed by atoms with van der Waals surface area (Å²) in [6.45, 7) is 2.72. The summed E-state index contributed by atoms with van der Waals surface area (Å²) in [5.74, 6) is -0.199. The monoisotopic (exact) mass is 266 g/mol. The van der Waals surface area contributed by atoms with Gasteiger partial charge in [0.1, 0.15) is 11.6 Å². The van der Waals surface area contributed by atoms with Gasteiger partial charge in [0, 0.05) is 12.2 Å². The second-order valence-corrected chi connectivity index (χ2v) is 4.30. The Kier molecular flexibility index (Phi) is 6.32. The largest absolute Gasteiger partial charge is 0.389 e. The van der Waals surface area contributed by atoms with Crippen molar-refractivity contribution < 1.29 is 9.53 Å². The zero-order chi connectivity index (χ0) is 13.4. The molecule has 0 aliphatic rings. The summed E-state index contributed by atoms with van der Waals surface area (Å²) in [5, 5.41) is 2.74. The number of anilines is 1. The zero-order valence-electron chi connectivity index (χ0n) is 10.4. The average molecular weight is 266 g/mol. The summed E-state index contributed by atoms with van der Waals surface area (Å²) in [6, 6.07) is 7.17. The molecule has 18 heavy (non-hydrogen) atoms.